The second-order valence-corrected chi connectivity index (χ2v) is 4.48. The molecule has 0 aliphatic carbocycles. The molecule has 0 radical (unpaired) electrons. The van der Waals surface area contributed by atoms with Crippen molar-refractivity contribution < 1.29 is 5.11 Å². The maximum Gasteiger partial charge on any atom is 0.138 e. The quantitative estimate of drug-likeness (QED) is 0.863. The summed E-state index contributed by atoms with van der Waals surface area (Å²) >= 11 is 0. The fourth-order valence-electron chi connectivity index (χ4n) is 1.98. The SMILES string of the molecule is CCc1cccnc1CNCc1nc(C)ccc1O. The Bertz CT molecular complexity index is 555. The predicted molar refractivity (Wildman–Crippen MR) is 74.8 cm³/mol. The Hall–Kier alpha value is -1.94. The summed E-state index contributed by atoms with van der Waals surface area (Å²) in [6.45, 7) is 5.25. The predicted octanol–water partition coefficient (Wildman–Crippen LogP) is 2.34. The fourth-order valence-corrected chi connectivity index (χ4v) is 1.98. The largest absolute Gasteiger partial charge is 0.506 e. The second-order valence-electron chi connectivity index (χ2n) is 4.48. The van der Waals surface area contributed by atoms with Crippen molar-refractivity contribution >= 4 is 0 Å². The van der Waals surface area contributed by atoms with Gasteiger partial charge in [-0.15, -0.1) is 0 Å². The molecule has 0 fully saturated rings. The molecule has 2 heterocycles. The van der Waals surface area contributed by atoms with Crippen LogP contribution in [0.25, 0.3) is 0 Å². The number of aromatic hydroxyl groups is 1. The summed E-state index contributed by atoms with van der Waals surface area (Å²) in [5.41, 5.74) is 3.88. The third kappa shape index (κ3) is 3.51. The first-order chi connectivity index (χ1) is 9.20. The van der Waals surface area contributed by atoms with Gasteiger partial charge >= 0.3 is 0 Å². The molecule has 4 nitrogen and oxygen atoms in total. The van der Waals surface area contributed by atoms with E-state index in [1.807, 2.05) is 13.0 Å². The van der Waals surface area contributed by atoms with Gasteiger partial charge in [0.05, 0.1) is 11.4 Å². The first-order valence-electron chi connectivity index (χ1n) is 6.49. The topological polar surface area (TPSA) is 58.0 Å². The van der Waals surface area contributed by atoms with Crippen molar-refractivity contribution in [1.29, 1.82) is 0 Å². The zero-order valence-electron chi connectivity index (χ0n) is 11.3. The molecular formula is C15H19N3O. The van der Waals surface area contributed by atoms with Crippen LogP contribution in [-0.2, 0) is 19.5 Å². The van der Waals surface area contributed by atoms with E-state index < -0.39 is 0 Å². The Morgan fingerprint density at radius 1 is 1.16 bits per heavy atom. The molecule has 2 aromatic rings. The average molecular weight is 257 g/mol. The van der Waals surface area contributed by atoms with E-state index in [-0.39, 0.29) is 5.75 Å². The molecule has 2 rings (SSSR count). The van der Waals surface area contributed by atoms with Gasteiger partial charge in [0.15, 0.2) is 0 Å². The maximum absolute atomic E-state index is 9.71. The minimum absolute atomic E-state index is 0.231. The third-order valence-electron chi connectivity index (χ3n) is 3.04. The normalized spacial score (nSPS) is 10.6. The lowest BCUT2D eigenvalue weighted by atomic mass is 10.1. The van der Waals surface area contributed by atoms with Crippen LogP contribution < -0.4 is 5.32 Å². The first-order valence-corrected chi connectivity index (χ1v) is 6.49. The summed E-state index contributed by atoms with van der Waals surface area (Å²) in [7, 11) is 0. The number of hydrogen-bond acceptors (Lipinski definition) is 4. The lowest BCUT2D eigenvalue weighted by molar-refractivity contribution is 0.458. The Morgan fingerprint density at radius 3 is 2.74 bits per heavy atom. The first kappa shape index (κ1) is 13.5. The Kier molecular flexibility index (Phi) is 4.47. The van der Waals surface area contributed by atoms with Crippen molar-refractivity contribution in [2.45, 2.75) is 33.4 Å². The van der Waals surface area contributed by atoms with E-state index in [2.05, 4.69) is 28.3 Å². The highest BCUT2D eigenvalue weighted by atomic mass is 16.3. The number of nitrogens with one attached hydrogen (secondary N) is 1. The van der Waals surface area contributed by atoms with E-state index in [1.165, 1.54) is 5.56 Å². The van der Waals surface area contributed by atoms with Gasteiger partial charge in [-0.05, 0) is 37.1 Å². The van der Waals surface area contributed by atoms with Crippen molar-refractivity contribution in [3.8, 4) is 5.75 Å². The molecule has 100 valence electrons. The van der Waals surface area contributed by atoms with Crippen molar-refractivity contribution in [2.75, 3.05) is 0 Å². The molecule has 0 saturated carbocycles. The van der Waals surface area contributed by atoms with E-state index in [9.17, 15) is 5.11 Å². The standard InChI is InChI=1S/C15H19N3O/c1-3-12-5-4-8-17-13(12)9-16-10-14-15(19)7-6-11(2)18-14/h4-8,16,19H,3,9-10H2,1-2H3. The molecular weight excluding hydrogens is 238 g/mol. The lowest BCUT2D eigenvalue weighted by Crippen LogP contribution is -2.16. The van der Waals surface area contributed by atoms with Crippen molar-refractivity contribution in [2.24, 2.45) is 0 Å². The monoisotopic (exact) mass is 257 g/mol. The van der Waals surface area contributed by atoms with Crippen LogP contribution in [0, 0.1) is 6.92 Å². The molecule has 0 saturated heterocycles. The molecule has 2 N–H and O–H groups in total. The third-order valence-corrected chi connectivity index (χ3v) is 3.04. The molecule has 2 aromatic heterocycles. The van der Waals surface area contributed by atoms with E-state index in [1.54, 1.807) is 18.3 Å². The highest BCUT2D eigenvalue weighted by Gasteiger charge is 2.04. The molecule has 0 spiro atoms. The van der Waals surface area contributed by atoms with Crippen LogP contribution in [0.2, 0.25) is 0 Å². The van der Waals surface area contributed by atoms with Crippen LogP contribution in [0.1, 0.15) is 29.6 Å². The van der Waals surface area contributed by atoms with Gasteiger partial charge in [-0.1, -0.05) is 13.0 Å². The van der Waals surface area contributed by atoms with Crippen LogP contribution in [0.3, 0.4) is 0 Å². The minimum Gasteiger partial charge on any atom is -0.506 e. The van der Waals surface area contributed by atoms with Gasteiger partial charge in [0.2, 0.25) is 0 Å². The summed E-state index contributed by atoms with van der Waals surface area (Å²) < 4.78 is 0. The van der Waals surface area contributed by atoms with E-state index >= 15 is 0 Å². The lowest BCUT2D eigenvalue weighted by Gasteiger charge is -2.09. The number of aromatic nitrogens is 2. The summed E-state index contributed by atoms with van der Waals surface area (Å²) in [5, 5.41) is 13.0. The summed E-state index contributed by atoms with van der Waals surface area (Å²) in [5.74, 6) is 0.231. The molecule has 0 aliphatic heterocycles. The van der Waals surface area contributed by atoms with Gasteiger partial charge in [-0.2, -0.15) is 0 Å². The molecule has 0 bridgehead atoms. The maximum atomic E-state index is 9.71. The van der Waals surface area contributed by atoms with Gasteiger partial charge in [0, 0.05) is 25.0 Å². The number of aryl methyl sites for hydroxylation is 2. The smallest absolute Gasteiger partial charge is 0.138 e. The average Bonchev–Trinajstić information content (AvgIpc) is 2.43. The minimum atomic E-state index is 0.231. The van der Waals surface area contributed by atoms with Gasteiger partial charge in [-0.3, -0.25) is 9.97 Å². The second kappa shape index (κ2) is 6.29. The van der Waals surface area contributed by atoms with Gasteiger partial charge in [0.1, 0.15) is 5.75 Å². The highest BCUT2D eigenvalue weighted by molar-refractivity contribution is 5.27. The van der Waals surface area contributed by atoms with E-state index in [4.69, 9.17) is 0 Å². The van der Waals surface area contributed by atoms with Crippen LogP contribution in [-0.4, -0.2) is 15.1 Å². The zero-order chi connectivity index (χ0) is 13.7. The molecule has 0 atom stereocenters. The Morgan fingerprint density at radius 2 is 1.95 bits per heavy atom. The van der Waals surface area contributed by atoms with E-state index in [0.29, 0.717) is 18.8 Å². The van der Waals surface area contributed by atoms with Crippen LogP contribution in [0.15, 0.2) is 30.5 Å². The number of pyridine rings is 2. The molecule has 0 amide bonds. The van der Waals surface area contributed by atoms with Crippen LogP contribution >= 0.6 is 0 Å². The summed E-state index contributed by atoms with van der Waals surface area (Å²) in [4.78, 5) is 8.69. The Balaban J connectivity index is 1.98. The van der Waals surface area contributed by atoms with Crippen molar-refractivity contribution in [3.63, 3.8) is 0 Å². The number of rotatable bonds is 5. The molecule has 0 aromatic carbocycles. The highest BCUT2D eigenvalue weighted by Crippen LogP contribution is 2.14. The summed E-state index contributed by atoms with van der Waals surface area (Å²) in [6.07, 6.45) is 2.78. The van der Waals surface area contributed by atoms with Crippen molar-refractivity contribution in [1.82, 2.24) is 15.3 Å². The Labute approximate surface area is 113 Å². The van der Waals surface area contributed by atoms with Gasteiger partial charge in [-0.25, -0.2) is 0 Å². The molecule has 0 unspecified atom stereocenters. The summed E-state index contributed by atoms with van der Waals surface area (Å²) in [6, 6.07) is 7.52. The van der Waals surface area contributed by atoms with E-state index in [0.717, 1.165) is 17.8 Å². The van der Waals surface area contributed by atoms with Gasteiger partial charge in [0.25, 0.3) is 0 Å². The number of hydrogen-bond donors (Lipinski definition) is 2. The van der Waals surface area contributed by atoms with Crippen molar-refractivity contribution in [3.05, 3.63) is 53.1 Å². The van der Waals surface area contributed by atoms with Crippen LogP contribution in [0.4, 0.5) is 0 Å². The fraction of sp³-hybridized carbons (Fsp3) is 0.333. The molecule has 4 heteroatoms. The molecule has 0 aliphatic rings. The van der Waals surface area contributed by atoms with Gasteiger partial charge < -0.3 is 10.4 Å². The molecule has 19 heavy (non-hydrogen) atoms. The van der Waals surface area contributed by atoms with Crippen LogP contribution in [0.5, 0.6) is 5.75 Å². The number of nitrogens with zero attached hydrogens (tertiary/aromatic N) is 2. The zero-order valence-corrected chi connectivity index (χ0v) is 11.3.